The first-order chi connectivity index (χ1) is 11.1. The third-order valence-electron chi connectivity index (χ3n) is 3.81. The number of halogens is 4. The molecule has 1 aromatic rings. The van der Waals surface area contributed by atoms with Crippen LogP contribution in [0.3, 0.4) is 0 Å². The van der Waals surface area contributed by atoms with Crippen molar-refractivity contribution in [3.05, 3.63) is 29.8 Å². The first-order valence-corrected chi connectivity index (χ1v) is 9.12. The lowest BCUT2D eigenvalue weighted by Gasteiger charge is -2.34. The molecular weight excluding hydrogens is 381 g/mol. The van der Waals surface area contributed by atoms with Crippen molar-refractivity contribution < 1.29 is 26.4 Å². The number of nitrogens with one attached hydrogen (secondary N) is 1. The van der Waals surface area contributed by atoms with Crippen LogP contribution in [0.4, 0.5) is 13.2 Å². The lowest BCUT2D eigenvalue weighted by atomic mass is 10.1. The summed E-state index contributed by atoms with van der Waals surface area (Å²) in [6.07, 6.45) is -4.70. The van der Waals surface area contributed by atoms with Gasteiger partial charge < -0.3 is 10.2 Å². The van der Waals surface area contributed by atoms with Gasteiger partial charge in [-0.15, -0.1) is 12.4 Å². The summed E-state index contributed by atoms with van der Waals surface area (Å²) in [5.41, 5.74) is 0.566. The Hall–Kier alpha value is -1.32. The highest BCUT2D eigenvalue weighted by atomic mass is 35.5. The molecule has 1 amide bonds. The largest absolute Gasteiger partial charge is 0.403 e. The second-order valence-corrected chi connectivity index (χ2v) is 7.82. The minimum Gasteiger partial charge on any atom is -0.337 e. The van der Waals surface area contributed by atoms with Crippen LogP contribution in [0.2, 0.25) is 0 Å². The topological polar surface area (TPSA) is 66.5 Å². The van der Waals surface area contributed by atoms with E-state index in [0.717, 1.165) is 12.1 Å². The molecule has 5 nitrogen and oxygen atoms in total. The number of amides is 1. The highest BCUT2D eigenvalue weighted by Crippen LogP contribution is 2.23. The number of hydrogen-bond donors (Lipinski definition) is 1. The number of benzene rings is 1. The molecule has 0 radical (unpaired) electrons. The molecule has 0 bridgehead atoms. The van der Waals surface area contributed by atoms with E-state index in [4.69, 9.17) is 0 Å². The van der Waals surface area contributed by atoms with Crippen LogP contribution < -0.4 is 5.32 Å². The summed E-state index contributed by atoms with van der Waals surface area (Å²) in [5, 5.41) is 3.17. The maximum absolute atomic E-state index is 12.3. The van der Waals surface area contributed by atoms with Crippen molar-refractivity contribution in [1.29, 1.82) is 0 Å². The van der Waals surface area contributed by atoms with E-state index in [1.54, 1.807) is 4.90 Å². The zero-order chi connectivity index (χ0) is 18.0. The van der Waals surface area contributed by atoms with Crippen molar-refractivity contribution in [1.82, 2.24) is 10.2 Å². The van der Waals surface area contributed by atoms with Crippen LogP contribution in [0, 0.1) is 0 Å². The summed E-state index contributed by atoms with van der Waals surface area (Å²) < 4.78 is 60.2. The SMILES string of the molecule is C[C@H]1CNCCN1C(=O)Cc1ccc(S(=O)(=O)CC(F)(F)F)cc1.Cl. The van der Waals surface area contributed by atoms with Crippen molar-refractivity contribution >= 4 is 28.2 Å². The monoisotopic (exact) mass is 400 g/mol. The Bertz CT molecular complexity index is 693. The highest BCUT2D eigenvalue weighted by Gasteiger charge is 2.35. The number of rotatable bonds is 4. The van der Waals surface area contributed by atoms with E-state index in [1.165, 1.54) is 12.1 Å². The summed E-state index contributed by atoms with van der Waals surface area (Å²) in [4.78, 5) is 13.6. The number of sulfone groups is 1. The number of carbonyl (C=O) groups is 1. The molecule has 0 saturated carbocycles. The fourth-order valence-corrected chi connectivity index (χ4v) is 3.75. The van der Waals surface area contributed by atoms with E-state index < -0.39 is 26.7 Å². The molecule has 1 N–H and O–H groups in total. The van der Waals surface area contributed by atoms with Crippen LogP contribution >= 0.6 is 12.4 Å². The van der Waals surface area contributed by atoms with Crippen molar-refractivity contribution in [3.8, 4) is 0 Å². The third-order valence-corrected chi connectivity index (χ3v) is 5.51. The molecule has 1 saturated heterocycles. The fraction of sp³-hybridized carbons (Fsp3) is 0.533. The Morgan fingerprint density at radius 3 is 2.40 bits per heavy atom. The Labute approximate surface area is 150 Å². The normalized spacial score (nSPS) is 18.6. The molecule has 0 spiro atoms. The van der Waals surface area contributed by atoms with Crippen LogP contribution in [0.5, 0.6) is 0 Å². The van der Waals surface area contributed by atoms with Gasteiger partial charge in [0.1, 0.15) is 0 Å². The smallest absolute Gasteiger partial charge is 0.337 e. The summed E-state index contributed by atoms with van der Waals surface area (Å²) >= 11 is 0. The molecule has 1 aliphatic rings. The van der Waals surface area contributed by atoms with E-state index in [2.05, 4.69) is 5.32 Å². The highest BCUT2D eigenvalue weighted by molar-refractivity contribution is 7.91. The van der Waals surface area contributed by atoms with Gasteiger partial charge in [0.25, 0.3) is 0 Å². The van der Waals surface area contributed by atoms with Gasteiger partial charge in [0, 0.05) is 25.7 Å². The van der Waals surface area contributed by atoms with E-state index in [-0.39, 0.29) is 30.8 Å². The van der Waals surface area contributed by atoms with Gasteiger partial charge in [-0.05, 0) is 24.6 Å². The number of alkyl halides is 3. The van der Waals surface area contributed by atoms with Gasteiger partial charge in [0.15, 0.2) is 15.6 Å². The molecule has 0 unspecified atom stereocenters. The molecule has 1 heterocycles. The van der Waals surface area contributed by atoms with E-state index >= 15 is 0 Å². The molecule has 25 heavy (non-hydrogen) atoms. The molecule has 1 atom stereocenters. The maximum atomic E-state index is 12.3. The van der Waals surface area contributed by atoms with Crippen LogP contribution in [-0.4, -0.2) is 56.8 Å². The van der Waals surface area contributed by atoms with Gasteiger partial charge in [-0.25, -0.2) is 8.42 Å². The van der Waals surface area contributed by atoms with Gasteiger partial charge in [-0.1, -0.05) is 12.1 Å². The van der Waals surface area contributed by atoms with Gasteiger partial charge in [-0.2, -0.15) is 13.2 Å². The van der Waals surface area contributed by atoms with Crippen LogP contribution in [0.15, 0.2) is 29.2 Å². The average molecular weight is 401 g/mol. The van der Waals surface area contributed by atoms with E-state index in [1.807, 2.05) is 6.92 Å². The van der Waals surface area contributed by atoms with Gasteiger partial charge >= 0.3 is 6.18 Å². The second-order valence-electron chi connectivity index (χ2n) is 5.84. The molecule has 1 aromatic carbocycles. The van der Waals surface area contributed by atoms with Crippen molar-refractivity contribution in [2.75, 3.05) is 25.4 Å². The number of piperazine rings is 1. The quantitative estimate of drug-likeness (QED) is 0.837. The zero-order valence-corrected chi connectivity index (χ0v) is 15.2. The third kappa shape index (κ3) is 6.16. The Balaban J connectivity index is 0.00000312. The predicted octanol–water partition coefficient (Wildman–Crippen LogP) is 1.81. The molecule has 0 aromatic heterocycles. The summed E-state index contributed by atoms with van der Waals surface area (Å²) in [6.45, 7) is 3.94. The second kappa shape index (κ2) is 8.37. The summed E-state index contributed by atoms with van der Waals surface area (Å²) in [7, 11) is -4.42. The molecule has 10 heteroatoms. The predicted molar refractivity (Wildman–Crippen MR) is 89.5 cm³/mol. The van der Waals surface area contributed by atoms with Crippen molar-refractivity contribution in [3.63, 3.8) is 0 Å². The Morgan fingerprint density at radius 1 is 1.28 bits per heavy atom. The average Bonchev–Trinajstić information content (AvgIpc) is 2.45. The molecule has 2 rings (SSSR count). The Morgan fingerprint density at radius 2 is 1.88 bits per heavy atom. The van der Waals surface area contributed by atoms with E-state index in [9.17, 15) is 26.4 Å². The molecule has 1 fully saturated rings. The number of hydrogen-bond acceptors (Lipinski definition) is 4. The Kier molecular flexibility index (Phi) is 7.28. The van der Waals surface area contributed by atoms with Gasteiger partial charge in [0.2, 0.25) is 5.91 Å². The molecule has 1 aliphatic heterocycles. The standard InChI is InChI=1S/C15H19F3N2O3S.ClH/c1-11-9-19-6-7-20(11)14(21)8-12-2-4-13(5-3-12)24(22,23)10-15(16,17)18;/h2-5,11,19H,6-10H2,1H3;1H/t11-;/m0./s1. The van der Waals surface area contributed by atoms with Gasteiger partial charge in [0.05, 0.1) is 11.3 Å². The van der Waals surface area contributed by atoms with Crippen LogP contribution in [-0.2, 0) is 21.1 Å². The first-order valence-electron chi connectivity index (χ1n) is 7.47. The van der Waals surface area contributed by atoms with Crippen LogP contribution in [0.25, 0.3) is 0 Å². The summed E-state index contributed by atoms with van der Waals surface area (Å²) in [6, 6.07) is 5.07. The van der Waals surface area contributed by atoms with Gasteiger partial charge in [-0.3, -0.25) is 4.79 Å². The van der Waals surface area contributed by atoms with Crippen molar-refractivity contribution in [2.45, 2.75) is 30.5 Å². The fourth-order valence-electron chi connectivity index (χ4n) is 2.60. The maximum Gasteiger partial charge on any atom is 0.403 e. The lowest BCUT2D eigenvalue weighted by Crippen LogP contribution is -2.52. The minimum absolute atomic E-state index is 0. The molecule has 0 aliphatic carbocycles. The zero-order valence-electron chi connectivity index (χ0n) is 13.5. The lowest BCUT2D eigenvalue weighted by molar-refractivity contribution is -0.133. The first kappa shape index (κ1) is 21.7. The number of nitrogens with zero attached hydrogens (tertiary/aromatic N) is 1. The molecular formula is C15H20ClF3N2O3S. The van der Waals surface area contributed by atoms with Crippen LogP contribution in [0.1, 0.15) is 12.5 Å². The minimum atomic E-state index is -4.79. The van der Waals surface area contributed by atoms with Crippen molar-refractivity contribution in [2.24, 2.45) is 0 Å². The number of carbonyl (C=O) groups excluding carboxylic acids is 1. The molecule has 142 valence electrons. The van der Waals surface area contributed by atoms with E-state index in [0.29, 0.717) is 25.2 Å². The summed E-state index contributed by atoms with van der Waals surface area (Å²) in [5.74, 6) is -1.98.